The van der Waals surface area contributed by atoms with E-state index < -0.39 is 6.10 Å². The van der Waals surface area contributed by atoms with Crippen molar-refractivity contribution in [3.8, 4) is 23.5 Å². The van der Waals surface area contributed by atoms with Gasteiger partial charge >= 0.3 is 0 Å². The van der Waals surface area contributed by atoms with Gasteiger partial charge in [0.25, 0.3) is 5.91 Å². The molecule has 1 amide bonds. The maximum absolute atomic E-state index is 12.3. The van der Waals surface area contributed by atoms with Gasteiger partial charge in [-0.1, -0.05) is 12.1 Å². The summed E-state index contributed by atoms with van der Waals surface area (Å²) in [6.45, 7) is 1.01. The standard InChI is InChI=1S/C17H14N6O2/c18-8-12-2-1-3-13(6-12)14-7-16(21-11-20-14)22-17(24)15-9-23(10-19)4-5-25-15/h1-3,6-7,11,15H,4-5,9H2,(H,20,21,22,24). The van der Waals surface area contributed by atoms with E-state index in [-0.39, 0.29) is 12.5 Å². The third-order valence-corrected chi connectivity index (χ3v) is 3.71. The molecule has 8 nitrogen and oxygen atoms in total. The van der Waals surface area contributed by atoms with Crippen molar-refractivity contribution in [2.75, 3.05) is 25.0 Å². The molecule has 1 aliphatic rings. The van der Waals surface area contributed by atoms with Crippen LogP contribution in [0, 0.1) is 22.8 Å². The predicted molar refractivity (Wildman–Crippen MR) is 87.7 cm³/mol. The van der Waals surface area contributed by atoms with Crippen LogP contribution in [0.4, 0.5) is 5.82 Å². The SMILES string of the molecule is N#Cc1cccc(-c2cc(NC(=O)C3CN(C#N)CCO3)ncn2)c1. The van der Waals surface area contributed by atoms with Gasteiger partial charge in [-0.2, -0.15) is 10.5 Å². The number of nitrogens with one attached hydrogen (secondary N) is 1. The number of carbonyl (C=O) groups is 1. The average molecular weight is 334 g/mol. The minimum Gasteiger partial charge on any atom is -0.365 e. The molecule has 124 valence electrons. The van der Waals surface area contributed by atoms with Gasteiger partial charge in [-0.3, -0.25) is 4.79 Å². The average Bonchev–Trinajstić information content (AvgIpc) is 2.68. The van der Waals surface area contributed by atoms with Gasteiger partial charge < -0.3 is 15.0 Å². The molecule has 0 spiro atoms. The molecule has 1 aliphatic heterocycles. The van der Waals surface area contributed by atoms with Crippen molar-refractivity contribution in [3.63, 3.8) is 0 Å². The van der Waals surface area contributed by atoms with Crippen LogP contribution in [-0.2, 0) is 9.53 Å². The third-order valence-electron chi connectivity index (χ3n) is 3.71. The summed E-state index contributed by atoms with van der Waals surface area (Å²) in [5.74, 6) is -0.0367. The first-order valence-corrected chi connectivity index (χ1v) is 7.59. The van der Waals surface area contributed by atoms with Crippen molar-refractivity contribution in [3.05, 3.63) is 42.2 Å². The number of nitriles is 2. The number of carbonyl (C=O) groups excluding carboxylic acids is 1. The number of hydrogen-bond donors (Lipinski definition) is 1. The highest BCUT2D eigenvalue weighted by molar-refractivity contribution is 5.94. The molecule has 1 N–H and O–H groups in total. The first-order valence-electron chi connectivity index (χ1n) is 7.59. The van der Waals surface area contributed by atoms with Crippen molar-refractivity contribution in [2.45, 2.75) is 6.10 Å². The summed E-state index contributed by atoms with van der Waals surface area (Å²) in [5.41, 5.74) is 1.86. The van der Waals surface area contributed by atoms with E-state index in [1.54, 1.807) is 24.3 Å². The molecule has 0 aliphatic carbocycles. The molecular weight excluding hydrogens is 320 g/mol. The van der Waals surface area contributed by atoms with Crippen LogP contribution in [0.5, 0.6) is 0 Å². The van der Waals surface area contributed by atoms with Gasteiger partial charge in [0.2, 0.25) is 0 Å². The molecule has 1 atom stereocenters. The van der Waals surface area contributed by atoms with Crippen LogP contribution in [0.25, 0.3) is 11.3 Å². The lowest BCUT2D eigenvalue weighted by atomic mass is 10.1. The summed E-state index contributed by atoms with van der Waals surface area (Å²) in [6, 6.07) is 10.7. The molecule has 0 bridgehead atoms. The molecule has 1 aromatic carbocycles. The van der Waals surface area contributed by atoms with Crippen molar-refractivity contribution >= 4 is 11.7 Å². The van der Waals surface area contributed by atoms with Crippen LogP contribution in [0.1, 0.15) is 5.56 Å². The van der Waals surface area contributed by atoms with Crippen LogP contribution >= 0.6 is 0 Å². The van der Waals surface area contributed by atoms with E-state index in [2.05, 4.69) is 21.4 Å². The van der Waals surface area contributed by atoms with Crippen LogP contribution in [0.15, 0.2) is 36.7 Å². The maximum Gasteiger partial charge on any atom is 0.256 e. The Morgan fingerprint density at radius 2 is 2.20 bits per heavy atom. The summed E-state index contributed by atoms with van der Waals surface area (Å²) in [6.07, 6.45) is 2.63. The molecule has 2 heterocycles. The number of hydrogen-bond acceptors (Lipinski definition) is 7. The van der Waals surface area contributed by atoms with Crippen LogP contribution in [0.3, 0.4) is 0 Å². The fourth-order valence-corrected chi connectivity index (χ4v) is 2.44. The van der Waals surface area contributed by atoms with E-state index in [0.29, 0.717) is 30.2 Å². The number of benzene rings is 1. The van der Waals surface area contributed by atoms with E-state index in [4.69, 9.17) is 15.3 Å². The molecule has 0 saturated carbocycles. The highest BCUT2D eigenvalue weighted by Crippen LogP contribution is 2.20. The Morgan fingerprint density at radius 1 is 1.32 bits per heavy atom. The third kappa shape index (κ3) is 3.89. The van der Waals surface area contributed by atoms with E-state index in [0.717, 1.165) is 5.56 Å². The van der Waals surface area contributed by atoms with Crippen molar-refractivity contribution in [2.24, 2.45) is 0 Å². The summed E-state index contributed by atoms with van der Waals surface area (Å²) in [4.78, 5) is 22.0. The van der Waals surface area contributed by atoms with Crippen molar-refractivity contribution in [1.29, 1.82) is 10.5 Å². The van der Waals surface area contributed by atoms with Crippen LogP contribution < -0.4 is 5.32 Å². The molecule has 1 fully saturated rings. The molecule has 8 heteroatoms. The molecule has 3 rings (SSSR count). The molecule has 1 saturated heterocycles. The summed E-state index contributed by atoms with van der Waals surface area (Å²) < 4.78 is 5.40. The number of anilines is 1. The quantitative estimate of drug-likeness (QED) is 0.837. The molecule has 2 aromatic rings. The normalized spacial score (nSPS) is 16.6. The summed E-state index contributed by atoms with van der Waals surface area (Å²) in [5, 5.41) is 20.6. The molecule has 1 unspecified atom stereocenters. The minimum absolute atomic E-state index is 0.213. The fraction of sp³-hybridized carbons (Fsp3) is 0.235. The Hall–Kier alpha value is -3.49. The lowest BCUT2D eigenvalue weighted by Crippen LogP contribution is -2.46. The zero-order chi connectivity index (χ0) is 17.6. The maximum atomic E-state index is 12.3. The lowest BCUT2D eigenvalue weighted by Gasteiger charge is -2.28. The number of amides is 1. The second-order valence-electron chi connectivity index (χ2n) is 5.38. The lowest BCUT2D eigenvalue weighted by molar-refractivity contribution is -0.131. The highest BCUT2D eigenvalue weighted by Gasteiger charge is 2.26. The largest absolute Gasteiger partial charge is 0.365 e. The first-order chi connectivity index (χ1) is 12.2. The second kappa shape index (κ2) is 7.39. The van der Waals surface area contributed by atoms with E-state index in [1.165, 1.54) is 11.2 Å². The zero-order valence-electron chi connectivity index (χ0n) is 13.2. The van der Waals surface area contributed by atoms with Gasteiger partial charge in [-0.15, -0.1) is 0 Å². The number of aromatic nitrogens is 2. The zero-order valence-corrected chi connectivity index (χ0v) is 13.2. The van der Waals surface area contributed by atoms with Crippen LogP contribution in [-0.4, -0.2) is 46.6 Å². The van der Waals surface area contributed by atoms with Crippen LogP contribution in [0.2, 0.25) is 0 Å². The number of nitrogens with zero attached hydrogens (tertiary/aromatic N) is 5. The first kappa shape index (κ1) is 16.4. The molecule has 0 radical (unpaired) electrons. The van der Waals surface area contributed by atoms with E-state index in [1.807, 2.05) is 12.3 Å². The van der Waals surface area contributed by atoms with Gasteiger partial charge in [0.05, 0.1) is 37.0 Å². The van der Waals surface area contributed by atoms with Gasteiger partial charge in [-0.25, -0.2) is 9.97 Å². The minimum atomic E-state index is -0.728. The van der Waals surface area contributed by atoms with E-state index in [9.17, 15) is 4.79 Å². The fourth-order valence-electron chi connectivity index (χ4n) is 2.44. The Bertz CT molecular complexity index is 870. The molecule has 25 heavy (non-hydrogen) atoms. The van der Waals surface area contributed by atoms with Crippen molar-refractivity contribution < 1.29 is 9.53 Å². The van der Waals surface area contributed by atoms with Gasteiger partial charge in [0, 0.05) is 11.6 Å². The van der Waals surface area contributed by atoms with E-state index >= 15 is 0 Å². The van der Waals surface area contributed by atoms with Gasteiger partial charge in [0.15, 0.2) is 12.3 Å². The number of ether oxygens (including phenoxy) is 1. The summed E-state index contributed by atoms with van der Waals surface area (Å²) in [7, 11) is 0. The summed E-state index contributed by atoms with van der Waals surface area (Å²) >= 11 is 0. The smallest absolute Gasteiger partial charge is 0.256 e. The predicted octanol–water partition coefficient (Wildman–Crippen LogP) is 1.14. The molecular formula is C17H14N6O2. The Kier molecular flexibility index (Phi) is 4.84. The monoisotopic (exact) mass is 334 g/mol. The topological polar surface area (TPSA) is 115 Å². The Balaban J connectivity index is 1.74. The Morgan fingerprint density at radius 3 is 3.00 bits per heavy atom. The number of rotatable bonds is 3. The highest BCUT2D eigenvalue weighted by atomic mass is 16.5. The van der Waals surface area contributed by atoms with Gasteiger partial charge in [0.1, 0.15) is 12.1 Å². The van der Waals surface area contributed by atoms with Crippen molar-refractivity contribution in [1.82, 2.24) is 14.9 Å². The number of morpholine rings is 1. The Labute approximate surface area is 144 Å². The van der Waals surface area contributed by atoms with Gasteiger partial charge in [-0.05, 0) is 12.1 Å². The molecule has 1 aromatic heterocycles. The second-order valence-corrected chi connectivity index (χ2v) is 5.38.